The molecule has 1 aromatic carbocycles. The first-order valence-corrected chi connectivity index (χ1v) is 8.27. The van der Waals surface area contributed by atoms with E-state index in [2.05, 4.69) is 65.0 Å². The summed E-state index contributed by atoms with van der Waals surface area (Å²) < 4.78 is 0. The lowest BCUT2D eigenvalue weighted by atomic mass is 9.46. The quantitative estimate of drug-likeness (QED) is 0.820. The predicted octanol–water partition coefficient (Wildman–Crippen LogP) is 4.18. The predicted molar refractivity (Wildman–Crippen MR) is 90.9 cm³/mol. The van der Waals surface area contributed by atoms with E-state index in [4.69, 9.17) is 11.5 Å². The maximum Gasteiger partial charge on any atom is 0.0747 e. The number of nitrogens with two attached hydrogens (primary N) is 2. The molecule has 4 N–H and O–H groups in total. The lowest BCUT2D eigenvalue weighted by molar-refractivity contribution is -0.0771. The number of hydrogen-bond donors (Lipinski definition) is 2. The van der Waals surface area contributed by atoms with Gasteiger partial charge in [-0.05, 0) is 42.1 Å². The van der Waals surface area contributed by atoms with Crippen LogP contribution in [0.4, 0.5) is 0 Å². The Labute approximate surface area is 130 Å². The highest BCUT2D eigenvalue weighted by atomic mass is 15.0. The van der Waals surface area contributed by atoms with Crippen molar-refractivity contribution in [2.75, 3.05) is 0 Å². The third kappa shape index (κ3) is 2.33. The summed E-state index contributed by atoms with van der Waals surface area (Å²) in [5.41, 5.74) is 14.3. The highest BCUT2D eigenvalue weighted by Gasteiger charge is 2.60. The van der Waals surface area contributed by atoms with Crippen molar-refractivity contribution in [1.29, 1.82) is 0 Å². The van der Waals surface area contributed by atoms with Gasteiger partial charge >= 0.3 is 0 Å². The summed E-state index contributed by atoms with van der Waals surface area (Å²) in [4.78, 5) is 0. The van der Waals surface area contributed by atoms with Crippen LogP contribution in [0, 0.1) is 10.8 Å². The van der Waals surface area contributed by atoms with Gasteiger partial charge in [0.15, 0.2) is 0 Å². The van der Waals surface area contributed by atoms with Crippen molar-refractivity contribution in [2.45, 2.75) is 71.4 Å². The van der Waals surface area contributed by atoms with Crippen molar-refractivity contribution in [2.24, 2.45) is 22.3 Å². The van der Waals surface area contributed by atoms with Crippen molar-refractivity contribution >= 4 is 0 Å². The molecule has 2 nitrogen and oxygen atoms in total. The molecule has 0 aliphatic heterocycles. The standard InChI is InChI=1S/C19H32N2/c1-6-18(7-2)14-17(5,15-11-9-8-10-12-15)13-16(3,4)19(18,20)21/h8-12H,6-7,13-14,20-21H2,1-5H3. The lowest BCUT2D eigenvalue weighted by Gasteiger charge is -2.63. The molecule has 1 saturated carbocycles. The summed E-state index contributed by atoms with van der Waals surface area (Å²) in [7, 11) is 0. The fraction of sp³-hybridized carbons (Fsp3) is 0.684. The molecule has 1 fully saturated rings. The summed E-state index contributed by atoms with van der Waals surface area (Å²) in [6, 6.07) is 10.9. The van der Waals surface area contributed by atoms with Crippen LogP contribution in [0.2, 0.25) is 0 Å². The summed E-state index contributed by atoms with van der Waals surface area (Å²) in [6.45, 7) is 11.4. The van der Waals surface area contributed by atoms with E-state index in [-0.39, 0.29) is 16.2 Å². The van der Waals surface area contributed by atoms with Gasteiger partial charge in [0.2, 0.25) is 0 Å². The minimum Gasteiger partial charge on any atom is -0.313 e. The van der Waals surface area contributed by atoms with Gasteiger partial charge in [-0.1, -0.05) is 65.0 Å². The van der Waals surface area contributed by atoms with Crippen LogP contribution in [-0.2, 0) is 5.41 Å². The molecule has 21 heavy (non-hydrogen) atoms. The lowest BCUT2D eigenvalue weighted by Crippen LogP contribution is -2.74. The van der Waals surface area contributed by atoms with E-state index in [1.54, 1.807) is 0 Å². The molecule has 0 saturated heterocycles. The van der Waals surface area contributed by atoms with Gasteiger partial charge in [-0.2, -0.15) is 0 Å². The fourth-order valence-corrected chi connectivity index (χ4v) is 4.92. The van der Waals surface area contributed by atoms with Crippen LogP contribution in [0.25, 0.3) is 0 Å². The molecule has 118 valence electrons. The second-order valence-electron chi connectivity index (χ2n) is 8.02. The third-order valence-corrected chi connectivity index (χ3v) is 6.38. The van der Waals surface area contributed by atoms with E-state index in [9.17, 15) is 0 Å². The smallest absolute Gasteiger partial charge is 0.0747 e. The van der Waals surface area contributed by atoms with E-state index in [0.717, 1.165) is 25.7 Å². The first-order chi connectivity index (χ1) is 9.64. The van der Waals surface area contributed by atoms with Crippen LogP contribution in [0.3, 0.4) is 0 Å². The summed E-state index contributed by atoms with van der Waals surface area (Å²) in [5.74, 6) is 0. The summed E-state index contributed by atoms with van der Waals surface area (Å²) >= 11 is 0. The number of benzene rings is 1. The van der Waals surface area contributed by atoms with Crippen LogP contribution in [-0.4, -0.2) is 5.66 Å². The van der Waals surface area contributed by atoms with Crippen molar-refractivity contribution in [3.8, 4) is 0 Å². The Morgan fingerprint density at radius 3 is 1.90 bits per heavy atom. The SMILES string of the molecule is CCC1(CC)CC(C)(c2ccccc2)CC(C)(C)C1(N)N. The van der Waals surface area contributed by atoms with Gasteiger partial charge in [0.25, 0.3) is 0 Å². The molecule has 0 spiro atoms. The molecule has 1 unspecified atom stereocenters. The Balaban J connectivity index is 2.55. The second kappa shape index (κ2) is 5.10. The normalized spacial score (nSPS) is 30.0. The van der Waals surface area contributed by atoms with E-state index in [1.165, 1.54) is 5.56 Å². The molecule has 1 aliphatic rings. The Hall–Kier alpha value is -0.860. The monoisotopic (exact) mass is 288 g/mol. The summed E-state index contributed by atoms with van der Waals surface area (Å²) in [5, 5.41) is 0. The van der Waals surface area contributed by atoms with Crippen LogP contribution in [0.5, 0.6) is 0 Å². The minimum atomic E-state index is -0.627. The fourth-order valence-electron chi connectivity index (χ4n) is 4.92. The molecule has 1 aliphatic carbocycles. The minimum absolute atomic E-state index is 0.0145. The molecular weight excluding hydrogens is 256 g/mol. The Bertz CT molecular complexity index is 486. The van der Waals surface area contributed by atoms with Gasteiger partial charge in [0.1, 0.15) is 0 Å². The third-order valence-electron chi connectivity index (χ3n) is 6.38. The van der Waals surface area contributed by atoms with Gasteiger partial charge in [0, 0.05) is 5.41 Å². The Kier molecular flexibility index (Phi) is 4.01. The number of hydrogen-bond acceptors (Lipinski definition) is 2. The molecule has 1 aromatic rings. The van der Waals surface area contributed by atoms with Gasteiger partial charge in [-0.15, -0.1) is 0 Å². The average molecular weight is 288 g/mol. The topological polar surface area (TPSA) is 52.0 Å². The molecule has 0 radical (unpaired) electrons. The molecule has 0 heterocycles. The van der Waals surface area contributed by atoms with E-state index < -0.39 is 5.66 Å². The Morgan fingerprint density at radius 1 is 0.905 bits per heavy atom. The van der Waals surface area contributed by atoms with Crippen LogP contribution in [0.1, 0.15) is 65.9 Å². The zero-order chi connectivity index (χ0) is 15.9. The molecule has 2 heteroatoms. The average Bonchev–Trinajstić information content (AvgIpc) is 2.44. The van der Waals surface area contributed by atoms with Gasteiger partial charge in [-0.3, -0.25) is 0 Å². The van der Waals surface area contributed by atoms with Crippen molar-refractivity contribution in [3.05, 3.63) is 35.9 Å². The highest BCUT2D eigenvalue weighted by Crippen LogP contribution is 2.60. The van der Waals surface area contributed by atoms with E-state index in [1.807, 2.05) is 0 Å². The van der Waals surface area contributed by atoms with E-state index in [0.29, 0.717) is 0 Å². The van der Waals surface area contributed by atoms with Gasteiger partial charge < -0.3 is 11.5 Å². The zero-order valence-corrected chi connectivity index (χ0v) is 14.4. The summed E-state index contributed by atoms with van der Waals surface area (Å²) in [6.07, 6.45) is 4.15. The molecule has 0 bridgehead atoms. The van der Waals surface area contributed by atoms with Crippen molar-refractivity contribution in [3.63, 3.8) is 0 Å². The maximum atomic E-state index is 6.73. The first-order valence-electron chi connectivity index (χ1n) is 8.27. The molecule has 0 aromatic heterocycles. The van der Waals surface area contributed by atoms with Gasteiger partial charge in [0.05, 0.1) is 5.66 Å². The van der Waals surface area contributed by atoms with E-state index >= 15 is 0 Å². The van der Waals surface area contributed by atoms with Crippen molar-refractivity contribution in [1.82, 2.24) is 0 Å². The van der Waals surface area contributed by atoms with Crippen LogP contribution < -0.4 is 11.5 Å². The largest absolute Gasteiger partial charge is 0.313 e. The Morgan fingerprint density at radius 2 is 1.43 bits per heavy atom. The molecule has 2 rings (SSSR count). The van der Waals surface area contributed by atoms with Crippen LogP contribution in [0.15, 0.2) is 30.3 Å². The zero-order valence-electron chi connectivity index (χ0n) is 14.4. The second-order valence-corrected chi connectivity index (χ2v) is 8.02. The van der Waals surface area contributed by atoms with Gasteiger partial charge in [-0.25, -0.2) is 0 Å². The molecule has 0 amide bonds. The van der Waals surface area contributed by atoms with Crippen molar-refractivity contribution < 1.29 is 0 Å². The first kappa shape index (κ1) is 16.5. The number of rotatable bonds is 3. The molecule has 1 atom stereocenters. The highest BCUT2D eigenvalue weighted by molar-refractivity contribution is 5.29. The maximum absolute atomic E-state index is 6.73. The van der Waals surface area contributed by atoms with Crippen LogP contribution >= 0.6 is 0 Å². The molecular formula is C19H32N2.